The minimum atomic E-state index is -0.308. The molecule has 3 aromatic rings. The monoisotopic (exact) mass is 451 g/mol. The van der Waals surface area contributed by atoms with Gasteiger partial charge in [0, 0.05) is 70.0 Å². The van der Waals surface area contributed by atoms with Crippen LogP contribution < -0.4 is 0 Å². The molecule has 10 heteroatoms. The first-order valence-electron chi connectivity index (χ1n) is 11.0. The van der Waals surface area contributed by atoms with Crippen molar-refractivity contribution < 1.29 is 14.3 Å². The molecule has 0 aliphatic carbocycles. The average molecular weight is 452 g/mol. The van der Waals surface area contributed by atoms with Crippen LogP contribution >= 0.6 is 0 Å². The van der Waals surface area contributed by atoms with E-state index in [1.165, 1.54) is 0 Å². The van der Waals surface area contributed by atoms with Crippen molar-refractivity contribution in [2.75, 3.05) is 19.6 Å². The number of rotatable bonds is 8. The van der Waals surface area contributed by atoms with E-state index in [4.69, 9.17) is 4.74 Å². The highest BCUT2D eigenvalue weighted by atomic mass is 16.5. The highest BCUT2D eigenvalue weighted by molar-refractivity contribution is 5.85. The predicted molar refractivity (Wildman–Crippen MR) is 120 cm³/mol. The number of aromatic nitrogens is 5. The minimum absolute atomic E-state index is 0.0341. The van der Waals surface area contributed by atoms with Gasteiger partial charge in [0.05, 0.1) is 31.1 Å². The van der Waals surface area contributed by atoms with Crippen molar-refractivity contribution in [1.29, 1.82) is 0 Å². The van der Waals surface area contributed by atoms with Gasteiger partial charge < -0.3 is 14.5 Å². The number of amides is 2. The molecule has 1 atom stereocenters. The van der Waals surface area contributed by atoms with E-state index in [0.29, 0.717) is 32.8 Å². The summed E-state index contributed by atoms with van der Waals surface area (Å²) in [5.74, 6) is -0.186. The van der Waals surface area contributed by atoms with Gasteiger partial charge in [-0.2, -0.15) is 10.2 Å². The molecule has 10 nitrogen and oxygen atoms in total. The van der Waals surface area contributed by atoms with Gasteiger partial charge >= 0.3 is 0 Å². The molecule has 2 amide bonds. The van der Waals surface area contributed by atoms with Crippen LogP contribution in [0.3, 0.4) is 0 Å². The van der Waals surface area contributed by atoms with Gasteiger partial charge in [-0.3, -0.25) is 23.9 Å². The van der Waals surface area contributed by atoms with E-state index in [0.717, 1.165) is 16.8 Å². The van der Waals surface area contributed by atoms with E-state index < -0.39 is 0 Å². The SMILES string of the molecule is Cc1ccn(CCC(=O)N2CC(=O)N(Cc3cnn(C)c3)CC(OCc3ccncc3)C2)n1. The maximum Gasteiger partial charge on any atom is 0.242 e. The standard InChI is InChI=1S/C23H29N7O3/c1-18-5-9-30(26-18)10-6-22(31)29-15-21(33-17-19-3-7-24-8-4-19)14-28(23(32)16-29)13-20-11-25-27(2)12-20/h3-5,7-9,11-12,21H,6,10,13-17H2,1-2H3. The molecular formula is C23H29N7O3. The zero-order valence-electron chi connectivity index (χ0n) is 19.0. The first-order valence-corrected chi connectivity index (χ1v) is 11.0. The second-order valence-electron chi connectivity index (χ2n) is 8.33. The van der Waals surface area contributed by atoms with E-state index in [2.05, 4.69) is 15.2 Å². The summed E-state index contributed by atoms with van der Waals surface area (Å²) in [6, 6.07) is 5.69. The van der Waals surface area contributed by atoms with Gasteiger partial charge in [-0.25, -0.2) is 0 Å². The number of hydrogen-bond donors (Lipinski definition) is 0. The lowest BCUT2D eigenvalue weighted by Gasteiger charge is -2.24. The van der Waals surface area contributed by atoms with Crippen molar-refractivity contribution in [2.24, 2.45) is 7.05 Å². The Morgan fingerprint density at radius 3 is 2.70 bits per heavy atom. The van der Waals surface area contributed by atoms with E-state index >= 15 is 0 Å². The number of hydrogen-bond acceptors (Lipinski definition) is 6. The number of pyridine rings is 1. The van der Waals surface area contributed by atoms with Crippen molar-refractivity contribution in [2.45, 2.75) is 39.1 Å². The van der Waals surface area contributed by atoms with Crippen molar-refractivity contribution in [3.8, 4) is 0 Å². The van der Waals surface area contributed by atoms with Crippen LogP contribution in [0.25, 0.3) is 0 Å². The molecular weight excluding hydrogens is 422 g/mol. The lowest BCUT2D eigenvalue weighted by atomic mass is 10.2. The summed E-state index contributed by atoms with van der Waals surface area (Å²) in [5, 5.41) is 8.53. The predicted octanol–water partition coefficient (Wildman–Crippen LogP) is 1.17. The van der Waals surface area contributed by atoms with Gasteiger partial charge in [0.1, 0.15) is 0 Å². The summed E-state index contributed by atoms with van der Waals surface area (Å²) in [6.07, 6.45) is 8.89. The van der Waals surface area contributed by atoms with Crippen molar-refractivity contribution >= 4 is 11.8 Å². The quantitative estimate of drug-likeness (QED) is 0.510. The first kappa shape index (κ1) is 22.7. The normalized spacial score (nSPS) is 16.8. The number of ether oxygens (including phenoxy) is 1. The van der Waals surface area contributed by atoms with Crippen LogP contribution in [0.4, 0.5) is 0 Å². The smallest absolute Gasteiger partial charge is 0.242 e. The molecule has 0 saturated carbocycles. The van der Waals surface area contributed by atoms with E-state index in [-0.39, 0.29) is 30.9 Å². The van der Waals surface area contributed by atoms with Gasteiger partial charge in [0.15, 0.2) is 0 Å². The van der Waals surface area contributed by atoms with Gasteiger partial charge in [-0.05, 0) is 30.7 Å². The first-order chi connectivity index (χ1) is 16.0. The molecule has 0 bridgehead atoms. The molecule has 4 rings (SSSR count). The fourth-order valence-corrected chi connectivity index (χ4v) is 3.85. The molecule has 1 aliphatic rings. The molecule has 174 valence electrons. The second kappa shape index (κ2) is 10.4. The van der Waals surface area contributed by atoms with Crippen molar-refractivity contribution in [3.63, 3.8) is 0 Å². The third-order valence-electron chi connectivity index (χ3n) is 5.58. The number of carbonyl (C=O) groups is 2. The summed E-state index contributed by atoms with van der Waals surface area (Å²) in [5.41, 5.74) is 2.84. The fraction of sp³-hybridized carbons (Fsp3) is 0.435. The molecule has 33 heavy (non-hydrogen) atoms. The highest BCUT2D eigenvalue weighted by Gasteiger charge is 2.31. The maximum atomic E-state index is 13.1. The molecule has 1 aliphatic heterocycles. The summed E-state index contributed by atoms with van der Waals surface area (Å²) in [7, 11) is 1.84. The molecule has 0 N–H and O–H groups in total. The Labute approximate surface area is 192 Å². The molecule has 1 unspecified atom stereocenters. The summed E-state index contributed by atoms with van der Waals surface area (Å²) in [6.45, 7) is 3.99. The minimum Gasteiger partial charge on any atom is -0.370 e. The van der Waals surface area contributed by atoms with Crippen molar-refractivity contribution in [1.82, 2.24) is 34.3 Å². The Morgan fingerprint density at radius 1 is 1.18 bits per heavy atom. The van der Waals surface area contributed by atoms with Crippen molar-refractivity contribution in [3.05, 3.63) is 66.0 Å². The third-order valence-corrected chi connectivity index (χ3v) is 5.58. The third kappa shape index (κ3) is 6.26. The van der Waals surface area contributed by atoms with Gasteiger partial charge in [-0.1, -0.05) is 0 Å². The maximum absolute atomic E-state index is 13.1. The summed E-state index contributed by atoms with van der Waals surface area (Å²) >= 11 is 0. The molecule has 1 saturated heterocycles. The van der Waals surface area contributed by atoms with Crippen LogP contribution in [0.15, 0.2) is 49.2 Å². The van der Waals surface area contributed by atoms with Crippen LogP contribution in [0.2, 0.25) is 0 Å². The van der Waals surface area contributed by atoms with Crippen LogP contribution in [0.1, 0.15) is 23.2 Å². The summed E-state index contributed by atoms with van der Waals surface area (Å²) < 4.78 is 9.62. The number of aryl methyl sites for hydroxylation is 3. The lowest BCUT2D eigenvalue weighted by molar-refractivity contribution is -0.139. The van der Waals surface area contributed by atoms with Gasteiger partial charge in [0.2, 0.25) is 11.8 Å². The van der Waals surface area contributed by atoms with E-state index in [9.17, 15) is 9.59 Å². The Morgan fingerprint density at radius 2 is 2.00 bits per heavy atom. The largest absolute Gasteiger partial charge is 0.370 e. The Hall–Kier alpha value is -3.53. The van der Waals surface area contributed by atoms with Crippen LogP contribution in [-0.4, -0.2) is 71.9 Å². The van der Waals surface area contributed by atoms with Crippen LogP contribution in [0, 0.1) is 6.92 Å². The Bertz CT molecular complexity index is 1080. The zero-order chi connectivity index (χ0) is 23.2. The van der Waals surface area contributed by atoms with Gasteiger partial charge in [0.25, 0.3) is 0 Å². The molecule has 0 spiro atoms. The second-order valence-corrected chi connectivity index (χ2v) is 8.33. The average Bonchev–Trinajstić information content (AvgIpc) is 3.38. The van der Waals surface area contributed by atoms with Crippen LogP contribution in [-0.2, 0) is 41.1 Å². The molecule has 0 radical (unpaired) electrons. The Balaban J connectivity index is 1.44. The van der Waals surface area contributed by atoms with Gasteiger partial charge in [-0.15, -0.1) is 0 Å². The molecule has 1 fully saturated rings. The molecule has 3 aromatic heterocycles. The van der Waals surface area contributed by atoms with E-state index in [1.54, 1.807) is 37.8 Å². The zero-order valence-corrected chi connectivity index (χ0v) is 19.0. The van der Waals surface area contributed by atoms with E-state index in [1.807, 2.05) is 44.6 Å². The highest BCUT2D eigenvalue weighted by Crippen LogP contribution is 2.15. The van der Waals surface area contributed by atoms with Crippen LogP contribution in [0.5, 0.6) is 0 Å². The topological polar surface area (TPSA) is 98.4 Å². The lowest BCUT2D eigenvalue weighted by Crippen LogP contribution is -2.40. The number of carbonyl (C=O) groups excluding carboxylic acids is 2. The Kier molecular flexibility index (Phi) is 7.13. The number of nitrogens with zero attached hydrogens (tertiary/aromatic N) is 7. The molecule has 0 aromatic carbocycles. The molecule has 4 heterocycles. The summed E-state index contributed by atoms with van der Waals surface area (Å²) in [4.78, 5) is 33.5. The fourth-order valence-electron chi connectivity index (χ4n) is 3.85.